The highest BCUT2D eigenvalue weighted by atomic mass is 79.9. The van der Waals surface area contributed by atoms with E-state index < -0.39 is 0 Å². The molecule has 0 heterocycles. The van der Waals surface area contributed by atoms with Gasteiger partial charge in [0.2, 0.25) is 0 Å². The Morgan fingerprint density at radius 2 is 1.79 bits per heavy atom. The fourth-order valence-electron chi connectivity index (χ4n) is 2.02. The second-order valence-corrected chi connectivity index (χ2v) is 5.47. The summed E-state index contributed by atoms with van der Waals surface area (Å²) in [6, 6.07) is 11.3. The molecule has 0 N–H and O–H groups in total. The number of ether oxygens (including phenoxy) is 1. The highest BCUT2D eigenvalue weighted by Gasteiger charge is 2.15. The van der Waals surface area contributed by atoms with Crippen LogP contribution in [0.15, 0.2) is 40.9 Å². The van der Waals surface area contributed by atoms with E-state index in [9.17, 15) is 4.79 Å². The van der Waals surface area contributed by atoms with Crippen molar-refractivity contribution in [3.8, 4) is 5.75 Å². The molecular weight excluding hydrogens is 304 g/mol. The zero-order valence-corrected chi connectivity index (χ0v) is 12.7. The van der Waals surface area contributed by atoms with Crippen LogP contribution >= 0.6 is 15.9 Å². The summed E-state index contributed by atoms with van der Waals surface area (Å²) in [5.41, 5.74) is 3.34. The van der Waals surface area contributed by atoms with Crippen LogP contribution in [0.1, 0.15) is 27.0 Å². The number of carbonyl (C=O) groups is 1. The van der Waals surface area contributed by atoms with Gasteiger partial charge < -0.3 is 4.74 Å². The standard InChI is InChI=1S/C16H15BrO2/c1-10-4-5-15(19-3)14(8-10)16(18)12-6-11(2)7-13(17)9-12/h4-9H,1-3H3. The Kier molecular flexibility index (Phi) is 4.05. The molecule has 0 bridgehead atoms. The Bertz CT molecular complexity index is 612. The highest BCUT2D eigenvalue weighted by molar-refractivity contribution is 9.10. The van der Waals surface area contributed by atoms with Gasteiger partial charge in [0.15, 0.2) is 5.78 Å². The lowest BCUT2D eigenvalue weighted by molar-refractivity contribution is 0.103. The number of hydrogen-bond acceptors (Lipinski definition) is 2. The molecule has 2 aromatic rings. The Labute approximate surface area is 121 Å². The average molecular weight is 319 g/mol. The molecule has 0 aliphatic heterocycles. The molecule has 0 aliphatic carbocycles. The van der Waals surface area contributed by atoms with Gasteiger partial charge in [-0.25, -0.2) is 0 Å². The van der Waals surface area contributed by atoms with E-state index in [1.165, 1.54) is 0 Å². The van der Waals surface area contributed by atoms with Gasteiger partial charge in [-0.3, -0.25) is 4.79 Å². The molecule has 0 amide bonds. The van der Waals surface area contributed by atoms with Gasteiger partial charge in [-0.15, -0.1) is 0 Å². The van der Waals surface area contributed by atoms with Gasteiger partial charge in [0.25, 0.3) is 0 Å². The van der Waals surface area contributed by atoms with E-state index in [2.05, 4.69) is 15.9 Å². The third kappa shape index (κ3) is 3.04. The molecule has 2 rings (SSSR count). The van der Waals surface area contributed by atoms with Crippen molar-refractivity contribution in [2.45, 2.75) is 13.8 Å². The topological polar surface area (TPSA) is 26.3 Å². The Morgan fingerprint density at radius 1 is 1.05 bits per heavy atom. The lowest BCUT2D eigenvalue weighted by Gasteiger charge is -2.09. The first kappa shape index (κ1) is 13.8. The molecule has 0 atom stereocenters. The van der Waals surface area contributed by atoms with Crippen LogP contribution in [0, 0.1) is 13.8 Å². The molecular formula is C16H15BrO2. The summed E-state index contributed by atoms with van der Waals surface area (Å²) in [6.07, 6.45) is 0. The Hall–Kier alpha value is -1.61. The van der Waals surface area contributed by atoms with E-state index in [1.54, 1.807) is 7.11 Å². The van der Waals surface area contributed by atoms with Crippen molar-refractivity contribution in [2.24, 2.45) is 0 Å². The zero-order valence-electron chi connectivity index (χ0n) is 11.2. The van der Waals surface area contributed by atoms with Crippen LogP contribution in [0.2, 0.25) is 0 Å². The lowest BCUT2D eigenvalue weighted by Crippen LogP contribution is -2.05. The summed E-state index contributed by atoms with van der Waals surface area (Å²) < 4.78 is 6.18. The van der Waals surface area contributed by atoms with Gasteiger partial charge in [0, 0.05) is 10.0 Å². The molecule has 0 aromatic heterocycles. The van der Waals surface area contributed by atoms with Gasteiger partial charge in [0.05, 0.1) is 12.7 Å². The molecule has 0 spiro atoms. The van der Waals surface area contributed by atoms with Crippen molar-refractivity contribution < 1.29 is 9.53 Å². The van der Waals surface area contributed by atoms with Crippen LogP contribution in [0.25, 0.3) is 0 Å². The largest absolute Gasteiger partial charge is 0.496 e. The second kappa shape index (κ2) is 5.57. The molecule has 0 aliphatic rings. The first-order valence-corrected chi connectivity index (χ1v) is 6.77. The maximum absolute atomic E-state index is 12.6. The minimum Gasteiger partial charge on any atom is -0.496 e. The Balaban J connectivity index is 2.52. The molecule has 0 saturated carbocycles. The molecule has 3 heteroatoms. The first-order chi connectivity index (χ1) is 9.01. The molecule has 0 unspecified atom stereocenters. The predicted octanol–water partition coefficient (Wildman–Crippen LogP) is 4.31. The second-order valence-electron chi connectivity index (χ2n) is 4.55. The number of aryl methyl sites for hydroxylation is 2. The number of rotatable bonds is 3. The van der Waals surface area contributed by atoms with Gasteiger partial charge in [-0.05, 0) is 49.7 Å². The van der Waals surface area contributed by atoms with Crippen molar-refractivity contribution in [2.75, 3.05) is 7.11 Å². The van der Waals surface area contributed by atoms with E-state index in [0.29, 0.717) is 16.9 Å². The number of ketones is 1. The van der Waals surface area contributed by atoms with Crippen LogP contribution in [0.5, 0.6) is 5.75 Å². The van der Waals surface area contributed by atoms with Crippen molar-refractivity contribution >= 4 is 21.7 Å². The summed E-state index contributed by atoms with van der Waals surface area (Å²) >= 11 is 3.42. The van der Waals surface area contributed by atoms with E-state index in [4.69, 9.17) is 4.74 Å². The summed E-state index contributed by atoms with van der Waals surface area (Å²) in [5, 5.41) is 0. The van der Waals surface area contributed by atoms with Gasteiger partial charge >= 0.3 is 0 Å². The molecule has 0 fully saturated rings. The van der Waals surface area contributed by atoms with Crippen molar-refractivity contribution in [3.05, 3.63) is 63.1 Å². The van der Waals surface area contributed by atoms with E-state index >= 15 is 0 Å². The number of benzene rings is 2. The zero-order chi connectivity index (χ0) is 14.0. The van der Waals surface area contributed by atoms with Crippen molar-refractivity contribution in [1.29, 1.82) is 0 Å². The third-order valence-corrected chi connectivity index (χ3v) is 3.36. The fourth-order valence-corrected chi connectivity index (χ4v) is 2.63. The fraction of sp³-hybridized carbons (Fsp3) is 0.188. The van der Waals surface area contributed by atoms with Crippen molar-refractivity contribution in [3.63, 3.8) is 0 Å². The van der Waals surface area contributed by atoms with Crippen LogP contribution in [0.3, 0.4) is 0 Å². The Morgan fingerprint density at radius 3 is 2.42 bits per heavy atom. The van der Waals surface area contributed by atoms with Crippen LogP contribution in [-0.2, 0) is 0 Å². The van der Waals surface area contributed by atoms with Gasteiger partial charge in [-0.1, -0.05) is 27.6 Å². The summed E-state index contributed by atoms with van der Waals surface area (Å²) in [4.78, 5) is 12.6. The molecule has 2 aromatic carbocycles. The number of hydrogen-bond donors (Lipinski definition) is 0. The maximum atomic E-state index is 12.6. The molecule has 0 radical (unpaired) electrons. The smallest absolute Gasteiger partial charge is 0.196 e. The number of methoxy groups -OCH3 is 1. The first-order valence-electron chi connectivity index (χ1n) is 5.98. The normalized spacial score (nSPS) is 10.3. The lowest BCUT2D eigenvalue weighted by atomic mass is 9.99. The molecule has 2 nitrogen and oxygen atoms in total. The predicted molar refractivity (Wildman–Crippen MR) is 80.0 cm³/mol. The highest BCUT2D eigenvalue weighted by Crippen LogP contribution is 2.25. The minimum absolute atomic E-state index is 0.0232. The van der Waals surface area contributed by atoms with Gasteiger partial charge in [-0.2, -0.15) is 0 Å². The monoisotopic (exact) mass is 318 g/mol. The quantitative estimate of drug-likeness (QED) is 0.788. The number of carbonyl (C=O) groups excluding carboxylic acids is 1. The molecule has 0 saturated heterocycles. The average Bonchev–Trinajstić information content (AvgIpc) is 2.36. The molecule has 98 valence electrons. The van der Waals surface area contributed by atoms with Crippen molar-refractivity contribution in [1.82, 2.24) is 0 Å². The van der Waals surface area contributed by atoms with Crippen LogP contribution in [0.4, 0.5) is 0 Å². The third-order valence-electron chi connectivity index (χ3n) is 2.90. The van der Waals surface area contributed by atoms with Crippen LogP contribution < -0.4 is 4.74 Å². The minimum atomic E-state index is -0.0232. The molecule has 19 heavy (non-hydrogen) atoms. The van der Waals surface area contributed by atoms with E-state index in [1.807, 2.05) is 50.2 Å². The van der Waals surface area contributed by atoms with E-state index in [0.717, 1.165) is 15.6 Å². The van der Waals surface area contributed by atoms with E-state index in [-0.39, 0.29) is 5.78 Å². The summed E-state index contributed by atoms with van der Waals surface area (Å²) in [5.74, 6) is 0.582. The number of halogens is 1. The maximum Gasteiger partial charge on any atom is 0.196 e. The van der Waals surface area contributed by atoms with Crippen LogP contribution in [-0.4, -0.2) is 12.9 Å². The summed E-state index contributed by atoms with van der Waals surface area (Å²) in [6.45, 7) is 3.93. The summed E-state index contributed by atoms with van der Waals surface area (Å²) in [7, 11) is 1.58. The van der Waals surface area contributed by atoms with Gasteiger partial charge in [0.1, 0.15) is 5.75 Å². The SMILES string of the molecule is COc1ccc(C)cc1C(=O)c1cc(C)cc(Br)c1.